The quantitative estimate of drug-likeness (QED) is 0.225. The summed E-state index contributed by atoms with van der Waals surface area (Å²) in [6.45, 7) is 3.37. The van der Waals surface area contributed by atoms with Crippen molar-refractivity contribution in [3.63, 3.8) is 0 Å². The van der Waals surface area contributed by atoms with Gasteiger partial charge in [0.05, 0.1) is 6.61 Å². The monoisotopic (exact) mass is 175 g/mol. The van der Waals surface area contributed by atoms with Crippen LogP contribution in [-0.2, 0) is 4.74 Å². The number of hydrogen-bond donors (Lipinski definition) is 3. The predicted octanol–water partition coefficient (Wildman–Crippen LogP) is -0.253. The average Bonchev–Trinajstić information content (AvgIpc) is 2.04. The number of amidine groups is 1. The molecule has 0 aromatic rings. The van der Waals surface area contributed by atoms with Crippen molar-refractivity contribution in [2.45, 2.75) is 19.4 Å². The fraction of sp³-hybridized carbons (Fsp3) is 0.857. The highest BCUT2D eigenvalue weighted by molar-refractivity contribution is 5.79. The zero-order valence-corrected chi connectivity index (χ0v) is 7.58. The predicted molar refractivity (Wildman–Crippen MR) is 47.4 cm³/mol. The lowest BCUT2D eigenvalue weighted by Gasteiger charge is -2.11. The summed E-state index contributed by atoms with van der Waals surface area (Å²) >= 11 is 0. The van der Waals surface area contributed by atoms with Crippen molar-refractivity contribution in [2.75, 3.05) is 20.3 Å². The smallest absolute Gasteiger partial charge is 0.140 e. The van der Waals surface area contributed by atoms with Crippen LogP contribution in [-0.4, -0.2) is 37.3 Å². The van der Waals surface area contributed by atoms with Crippen molar-refractivity contribution in [3.05, 3.63) is 0 Å². The Labute approximate surface area is 72.6 Å². The highest BCUT2D eigenvalue weighted by Gasteiger charge is 1.99. The van der Waals surface area contributed by atoms with E-state index >= 15 is 0 Å². The number of oxime groups is 1. The van der Waals surface area contributed by atoms with E-state index in [-0.39, 0.29) is 5.84 Å². The molecule has 72 valence electrons. The highest BCUT2D eigenvalue weighted by atomic mass is 16.5. The highest BCUT2D eigenvalue weighted by Crippen LogP contribution is 1.83. The van der Waals surface area contributed by atoms with E-state index in [0.717, 1.165) is 0 Å². The van der Waals surface area contributed by atoms with Crippen LogP contribution in [0.2, 0.25) is 0 Å². The summed E-state index contributed by atoms with van der Waals surface area (Å²) in [7, 11) is 1.65. The molecule has 0 aliphatic carbocycles. The van der Waals surface area contributed by atoms with Gasteiger partial charge in [-0.05, 0) is 6.92 Å². The second-order valence-electron chi connectivity index (χ2n) is 2.65. The van der Waals surface area contributed by atoms with Crippen LogP contribution in [0.25, 0.3) is 0 Å². The molecule has 0 heterocycles. The lowest BCUT2D eigenvalue weighted by Crippen LogP contribution is -2.32. The molecule has 0 radical (unpaired) electrons. The lowest BCUT2D eigenvalue weighted by atomic mass is 10.3. The fourth-order valence-electron chi connectivity index (χ4n) is 0.806. The number of rotatable bonds is 6. The van der Waals surface area contributed by atoms with Gasteiger partial charge in [-0.3, -0.25) is 0 Å². The van der Waals surface area contributed by atoms with Gasteiger partial charge in [0.2, 0.25) is 0 Å². The van der Waals surface area contributed by atoms with E-state index in [1.165, 1.54) is 0 Å². The number of hydrogen-bond acceptors (Lipinski definition) is 4. The zero-order valence-electron chi connectivity index (χ0n) is 7.58. The number of nitrogens with two attached hydrogens (primary N) is 1. The summed E-state index contributed by atoms with van der Waals surface area (Å²) in [6.07, 6.45) is 0.546. The Morgan fingerprint density at radius 3 is 2.92 bits per heavy atom. The van der Waals surface area contributed by atoms with Gasteiger partial charge in [-0.2, -0.15) is 0 Å². The van der Waals surface area contributed by atoms with E-state index in [4.69, 9.17) is 15.7 Å². The second kappa shape index (κ2) is 6.87. The summed E-state index contributed by atoms with van der Waals surface area (Å²) in [5, 5.41) is 14.2. The van der Waals surface area contributed by atoms with Crippen LogP contribution in [0.1, 0.15) is 13.3 Å². The first-order valence-corrected chi connectivity index (χ1v) is 3.89. The second-order valence-corrected chi connectivity index (χ2v) is 2.65. The van der Waals surface area contributed by atoms with Crippen LogP contribution >= 0.6 is 0 Å². The first-order valence-electron chi connectivity index (χ1n) is 3.89. The molecular formula is C7H17N3O2. The Kier molecular flexibility index (Phi) is 6.41. The summed E-state index contributed by atoms with van der Waals surface area (Å²) in [4.78, 5) is 0. The molecule has 0 aliphatic rings. The topological polar surface area (TPSA) is 79.9 Å². The maximum absolute atomic E-state index is 8.21. The molecule has 0 aliphatic heterocycles. The summed E-state index contributed by atoms with van der Waals surface area (Å²) < 4.78 is 4.91. The standard InChI is InChI=1S/C7H17N3O2/c1-6(5-12-2)9-4-3-7(8)10-11/h6,9,11H,3-5H2,1-2H3,(H2,8,10). The minimum atomic E-state index is 0.243. The third kappa shape index (κ3) is 5.94. The van der Waals surface area contributed by atoms with Gasteiger partial charge in [0.15, 0.2) is 0 Å². The van der Waals surface area contributed by atoms with Crippen molar-refractivity contribution in [2.24, 2.45) is 10.9 Å². The normalized spacial score (nSPS) is 14.7. The maximum atomic E-state index is 8.21. The summed E-state index contributed by atoms with van der Waals surface area (Å²) in [5.74, 6) is 0.243. The Hall–Kier alpha value is -0.810. The van der Waals surface area contributed by atoms with Crippen molar-refractivity contribution in [3.8, 4) is 0 Å². The molecule has 4 N–H and O–H groups in total. The molecule has 12 heavy (non-hydrogen) atoms. The number of nitrogens with one attached hydrogen (secondary N) is 1. The van der Waals surface area contributed by atoms with Gasteiger partial charge in [-0.25, -0.2) is 0 Å². The molecule has 5 heteroatoms. The number of methoxy groups -OCH3 is 1. The van der Waals surface area contributed by atoms with E-state index in [1.807, 2.05) is 6.92 Å². The molecule has 0 fully saturated rings. The Bertz CT molecular complexity index is 139. The first kappa shape index (κ1) is 11.2. The maximum Gasteiger partial charge on any atom is 0.140 e. The largest absolute Gasteiger partial charge is 0.409 e. The van der Waals surface area contributed by atoms with E-state index < -0.39 is 0 Å². The van der Waals surface area contributed by atoms with E-state index in [2.05, 4.69) is 10.5 Å². The third-order valence-electron chi connectivity index (χ3n) is 1.42. The number of nitrogens with zero attached hydrogens (tertiary/aromatic N) is 1. The number of ether oxygens (including phenoxy) is 1. The van der Waals surface area contributed by atoms with Crippen molar-refractivity contribution in [1.82, 2.24) is 5.32 Å². The van der Waals surface area contributed by atoms with Gasteiger partial charge < -0.3 is 21.0 Å². The average molecular weight is 175 g/mol. The Morgan fingerprint density at radius 1 is 1.75 bits per heavy atom. The minimum Gasteiger partial charge on any atom is -0.409 e. The Balaban J connectivity index is 3.30. The van der Waals surface area contributed by atoms with Crippen LogP contribution in [0, 0.1) is 0 Å². The molecule has 0 amide bonds. The van der Waals surface area contributed by atoms with Gasteiger partial charge in [-0.15, -0.1) is 0 Å². The molecule has 1 atom stereocenters. The molecule has 5 nitrogen and oxygen atoms in total. The SMILES string of the molecule is COCC(C)NCCC(N)=NO. The summed E-state index contributed by atoms with van der Waals surface area (Å²) in [6, 6.07) is 0.293. The molecule has 0 aromatic carbocycles. The van der Waals surface area contributed by atoms with Crippen LogP contribution in [0.5, 0.6) is 0 Å². The fourth-order valence-corrected chi connectivity index (χ4v) is 0.806. The molecule has 0 saturated heterocycles. The van der Waals surface area contributed by atoms with E-state index in [9.17, 15) is 0 Å². The van der Waals surface area contributed by atoms with Gasteiger partial charge in [0.1, 0.15) is 5.84 Å². The van der Waals surface area contributed by atoms with E-state index in [0.29, 0.717) is 25.6 Å². The molecule has 0 aromatic heterocycles. The van der Waals surface area contributed by atoms with Gasteiger partial charge in [0.25, 0.3) is 0 Å². The van der Waals surface area contributed by atoms with Gasteiger partial charge in [-0.1, -0.05) is 5.16 Å². The molecule has 0 spiro atoms. The molecule has 1 unspecified atom stereocenters. The van der Waals surface area contributed by atoms with Crippen molar-refractivity contribution in [1.29, 1.82) is 0 Å². The zero-order chi connectivity index (χ0) is 9.40. The summed E-state index contributed by atoms with van der Waals surface area (Å²) in [5.41, 5.74) is 5.26. The molecule has 0 bridgehead atoms. The van der Waals surface area contributed by atoms with Crippen molar-refractivity contribution >= 4 is 5.84 Å². The molecular weight excluding hydrogens is 158 g/mol. The van der Waals surface area contributed by atoms with Gasteiger partial charge in [0, 0.05) is 26.1 Å². The molecule has 0 rings (SSSR count). The molecule has 0 saturated carbocycles. The van der Waals surface area contributed by atoms with Gasteiger partial charge >= 0.3 is 0 Å². The first-order chi connectivity index (χ1) is 5.70. The minimum absolute atomic E-state index is 0.243. The van der Waals surface area contributed by atoms with Crippen LogP contribution < -0.4 is 11.1 Å². The van der Waals surface area contributed by atoms with E-state index in [1.54, 1.807) is 7.11 Å². The Morgan fingerprint density at radius 2 is 2.42 bits per heavy atom. The third-order valence-corrected chi connectivity index (χ3v) is 1.42. The van der Waals surface area contributed by atoms with Crippen molar-refractivity contribution < 1.29 is 9.94 Å². The lowest BCUT2D eigenvalue weighted by molar-refractivity contribution is 0.172. The van der Waals surface area contributed by atoms with Crippen LogP contribution in [0.4, 0.5) is 0 Å². The van der Waals surface area contributed by atoms with Crippen LogP contribution in [0.15, 0.2) is 5.16 Å². The van der Waals surface area contributed by atoms with Crippen LogP contribution in [0.3, 0.4) is 0 Å².